The summed E-state index contributed by atoms with van der Waals surface area (Å²) in [5.74, 6) is -1.30. The molecule has 8 heteroatoms. The summed E-state index contributed by atoms with van der Waals surface area (Å²) in [5, 5.41) is -0.198. The van der Waals surface area contributed by atoms with Crippen LogP contribution in [0.2, 0.25) is 5.02 Å². The number of carbonyl (C=O) groups is 1. The predicted molar refractivity (Wildman–Crippen MR) is 63.3 cm³/mol. The maximum absolute atomic E-state index is 12.5. The average molecular weight is 298 g/mol. The minimum absolute atomic E-state index is 0.109. The second-order valence-electron chi connectivity index (χ2n) is 3.67. The van der Waals surface area contributed by atoms with Crippen LogP contribution in [0, 0.1) is 0 Å². The van der Waals surface area contributed by atoms with Crippen LogP contribution in [0.1, 0.15) is 17.3 Å². The highest BCUT2D eigenvalue weighted by atomic mass is 35.5. The Morgan fingerprint density at radius 3 is 2.47 bits per heavy atom. The largest absolute Gasteiger partial charge is 0.479 e. The zero-order valence-electron chi connectivity index (χ0n) is 10.0. The summed E-state index contributed by atoms with van der Waals surface area (Å²) < 4.78 is 46.5. The molecule has 0 saturated heterocycles. The summed E-state index contributed by atoms with van der Waals surface area (Å²) in [6.45, 7) is 0.799. The third kappa shape index (κ3) is 3.66. The summed E-state index contributed by atoms with van der Waals surface area (Å²) in [6, 6.07) is 2.32. The molecule has 106 valence electrons. The van der Waals surface area contributed by atoms with Crippen molar-refractivity contribution in [3.8, 4) is 5.75 Å². The van der Waals surface area contributed by atoms with Gasteiger partial charge in [-0.15, -0.1) is 0 Å². The summed E-state index contributed by atoms with van der Waals surface area (Å²) in [6.07, 6.45) is -6.71. The van der Waals surface area contributed by atoms with E-state index >= 15 is 0 Å². The molecule has 0 saturated carbocycles. The molecule has 4 nitrogen and oxygen atoms in total. The number of esters is 1. The van der Waals surface area contributed by atoms with Crippen LogP contribution in [-0.4, -0.2) is 25.4 Å². The normalized spacial score (nSPS) is 12.9. The number of alkyl halides is 3. The molecule has 0 bridgehead atoms. The topological polar surface area (TPSA) is 61.5 Å². The van der Waals surface area contributed by atoms with E-state index in [0.717, 1.165) is 20.1 Å². The van der Waals surface area contributed by atoms with E-state index in [1.165, 1.54) is 6.07 Å². The van der Waals surface area contributed by atoms with Crippen LogP contribution in [0.5, 0.6) is 5.75 Å². The van der Waals surface area contributed by atoms with Crippen LogP contribution in [0.4, 0.5) is 18.9 Å². The fourth-order valence-corrected chi connectivity index (χ4v) is 1.51. The molecule has 0 aliphatic heterocycles. The molecule has 1 atom stereocenters. The van der Waals surface area contributed by atoms with Gasteiger partial charge in [-0.1, -0.05) is 11.6 Å². The molecule has 0 fully saturated rings. The number of benzene rings is 1. The van der Waals surface area contributed by atoms with E-state index in [1.807, 2.05) is 0 Å². The highest BCUT2D eigenvalue weighted by Gasteiger charge is 2.39. The van der Waals surface area contributed by atoms with E-state index in [2.05, 4.69) is 4.74 Å². The highest BCUT2D eigenvalue weighted by molar-refractivity contribution is 6.33. The summed E-state index contributed by atoms with van der Waals surface area (Å²) >= 11 is 5.75. The first kappa shape index (κ1) is 15.4. The molecule has 0 radical (unpaired) electrons. The maximum atomic E-state index is 12.5. The number of carbonyl (C=O) groups excluding carboxylic acids is 1. The van der Waals surface area contributed by atoms with Gasteiger partial charge in [-0.05, 0) is 19.1 Å². The number of methoxy groups -OCH3 is 1. The van der Waals surface area contributed by atoms with Gasteiger partial charge in [0.15, 0.2) is 11.9 Å². The molecule has 0 amide bonds. The van der Waals surface area contributed by atoms with Crippen molar-refractivity contribution in [3.05, 3.63) is 22.7 Å². The lowest BCUT2D eigenvalue weighted by atomic mass is 10.1. The molecule has 2 N–H and O–H groups in total. The molecule has 19 heavy (non-hydrogen) atoms. The first-order valence-corrected chi connectivity index (χ1v) is 5.45. The second kappa shape index (κ2) is 5.56. The van der Waals surface area contributed by atoms with Gasteiger partial charge in [0.05, 0.1) is 12.1 Å². The van der Waals surface area contributed by atoms with E-state index < -0.39 is 24.0 Å². The number of halogens is 4. The van der Waals surface area contributed by atoms with Crippen molar-refractivity contribution in [1.82, 2.24) is 0 Å². The zero-order chi connectivity index (χ0) is 14.8. The molecule has 1 aromatic rings. The van der Waals surface area contributed by atoms with E-state index in [9.17, 15) is 18.0 Å². The smallest absolute Gasteiger partial charge is 0.425 e. The van der Waals surface area contributed by atoms with Gasteiger partial charge in [-0.2, -0.15) is 13.2 Å². The number of rotatable bonds is 3. The van der Waals surface area contributed by atoms with Crippen molar-refractivity contribution >= 4 is 23.3 Å². The van der Waals surface area contributed by atoms with Crippen LogP contribution in [-0.2, 0) is 4.74 Å². The van der Waals surface area contributed by atoms with Crippen LogP contribution in [0.15, 0.2) is 12.1 Å². The number of nitrogens with two attached hydrogens (primary N) is 1. The quantitative estimate of drug-likeness (QED) is 0.688. The predicted octanol–water partition coefficient (Wildman–Crippen LogP) is 3.04. The molecule has 0 aliphatic rings. The maximum Gasteiger partial charge on any atom is 0.425 e. The van der Waals surface area contributed by atoms with Crippen LogP contribution in [0.25, 0.3) is 0 Å². The summed E-state index contributed by atoms with van der Waals surface area (Å²) in [4.78, 5) is 11.5. The van der Waals surface area contributed by atoms with Gasteiger partial charge in [-0.25, -0.2) is 4.79 Å². The lowest BCUT2D eigenvalue weighted by Gasteiger charge is -2.20. The van der Waals surface area contributed by atoms with E-state index in [0.29, 0.717) is 0 Å². The van der Waals surface area contributed by atoms with Gasteiger partial charge in [0, 0.05) is 5.69 Å². The van der Waals surface area contributed by atoms with Crippen molar-refractivity contribution < 1.29 is 27.4 Å². The van der Waals surface area contributed by atoms with E-state index in [4.69, 9.17) is 22.1 Å². The number of anilines is 1. The van der Waals surface area contributed by atoms with Crippen molar-refractivity contribution in [3.63, 3.8) is 0 Å². The third-order valence-electron chi connectivity index (χ3n) is 2.23. The van der Waals surface area contributed by atoms with Gasteiger partial charge in [-0.3, -0.25) is 0 Å². The monoisotopic (exact) mass is 297 g/mol. The Hall–Kier alpha value is -1.63. The third-order valence-corrected chi connectivity index (χ3v) is 2.51. The summed E-state index contributed by atoms with van der Waals surface area (Å²) in [5.41, 5.74) is 5.32. The SMILES string of the molecule is COC(=O)c1cc(N)cc(Cl)c1OC(C)C(F)(F)F. The first-order chi connectivity index (χ1) is 8.66. The van der Waals surface area contributed by atoms with Crippen LogP contribution < -0.4 is 10.5 Å². The molecule has 0 aromatic heterocycles. The molecule has 0 heterocycles. The molecule has 0 aliphatic carbocycles. The van der Waals surface area contributed by atoms with Crippen molar-refractivity contribution in [2.75, 3.05) is 12.8 Å². The van der Waals surface area contributed by atoms with E-state index in [1.54, 1.807) is 0 Å². The minimum atomic E-state index is -4.59. The zero-order valence-corrected chi connectivity index (χ0v) is 10.8. The number of hydrogen-bond acceptors (Lipinski definition) is 4. The van der Waals surface area contributed by atoms with Crippen LogP contribution >= 0.6 is 11.6 Å². The molecule has 1 unspecified atom stereocenters. The van der Waals surface area contributed by atoms with Gasteiger partial charge < -0.3 is 15.2 Å². The van der Waals surface area contributed by atoms with Crippen molar-refractivity contribution in [1.29, 1.82) is 0 Å². The lowest BCUT2D eigenvalue weighted by molar-refractivity contribution is -0.189. The lowest BCUT2D eigenvalue weighted by Crippen LogP contribution is -2.31. The number of hydrogen-bond donors (Lipinski definition) is 1. The highest BCUT2D eigenvalue weighted by Crippen LogP contribution is 2.35. The Morgan fingerprint density at radius 2 is 2.00 bits per heavy atom. The fraction of sp³-hybridized carbons (Fsp3) is 0.364. The Balaban J connectivity index is 3.22. The molecule has 0 spiro atoms. The Morgan fingerprint density at radius 1 is 1.42 bits per heavy atom. The first-order valence-electron chi connectivity index (χ1n) is 5.07. The van der Waals surface area contributed by atoms with E-state index in [-0.39, 0.29) is 16.3 Å². The average Bonchev–Trinajstić information content (AvgIpc) is 2.29. The molecular formula is C11H11ClF3NO3. The summed E-state index contributed by atoms with van der Waals surface area (Å²) in [7, 11) is 1.08. The number of ether oxygens (including phenoxy) is 2. The Labute approximate surface area is 112 Å². The fourth-order valence-electron chi connectivity index (χ4n) is 1.24. The van der Waals surface area contributed by atoms with Crippen molar-refractivity contribution in [2.45, 2.75) is 19.2 Å². The Kier molecular flexibility index (Phi) is 4.52. The second-order valence-corrected chi connectivity index (χ2v) is 4.08. The Bertz CT molecular complexity index is 491. The van der Waals surface area contributed by atoms with Gasteiger partial charge in [0.2, 0.25) is 0 Å². The van der Waals surface area contributed by atoms with Crippen LogP contribution in [0.3, 0.4) is 0 Å². The van der Waals surface area contributed by atoms with Gasteiger partial charge in [0.25, 0.3) is 0 Å². The van der Waals surface area contributed by atoms with Crippen molar-refractivity contribution in [2.24, 2.45) is 0 Å². The van der Waals surface area contributed by atoms with Gasteiger partial charge in [0.1, 0.15) is 5.56 Å². The molecule has 1 aromatic carbocycles. The standard InChI is InChI=1S/C11H11ClF3NO3/c1-5(11(13,14)15)19-9-7(10(17)18-2)3-6(16)4-8(9)12/h3-5H,16H2,1-2H3. The minimum Gasteiger partial charge on any atom is -0.479 e. The molecular weight excluding hydrogens is 287 g/mol. The number of nitrogen functional groups attached to an aromatic ring is 1. The molecule has 1 rings (SSSR count). The van der Waals surface area contributed by atoms with Gasteiger partial charge >= 0.3 is 12.1 Å².